The van der Waals surface area contributed by atoms with E-state index in [2.05, 4.69) is 0 Å². The van der Waals surface area contributed by atoms with Crippen molar-refractivity contribution < 1.29 is 29.2 Å². The van der Waals surface area contributed by atoms with E-state index >= 15 is 0 Å². The first-order chi connectivity index (χ1) is 8.70. The average molecular weight is 266 g/mol. The molecule has 6 nitrogen and oxygen atoms in total. The zero-order chi connectivity index (χ0) is 13.6. The Morgan fingerprint density at radius 2 is 1.00 bits per heavy atom. The van der Waals surface area contributed by atoms with Crippen LogP contribution in [0.1, 0.15) is 13.8 Å². The molecule has 2 N–H and O–H groups in total. The largest absolute Gasteiger partial charge is 0.394 e. The topological polar surface area (TPSA) is 77.4 Å². The van der Waals surface area contributed by atoms with Gasteiger partial charge in [0.05, 0.1) is 65.1 Å². The molecule has 0 aliphatic heterocycles. The number of rotatable bonds is 13. The highest BCUT2D eigenvalue weighted by atomic mass is 16.6. The predicted octanol–water partition coefficient (Wildman–Crippen LogP) is -0.186. The lowest BCUT2D eigenvalue weighted by atomic mass is 10.4. The minimum atomic E-state index is -0.143. The highest BCUT2D eigenvalue weighted by molar-refractivity contribution is 4.45. The fourth-order valence-corrected chi connectivity index (χ4v) is 1.04. The second kappa shape index (κ2) is 13.2. The Balaban J connectivity index is 3.03. The molecule has 0 amide bonds. The number of ether oxygens (including phenoxy) is 4. The maximum atomic E-state index is 8.70. The first-order valence-electron chi connectivity index (χ1n) is 6.31. The summed E-state index contributed by atoms with van der Waals surface area (Å²) in [7, 11) is 0. The van der Waals surface area contributed by atoms with Crippen molar-refractivity contribution in [3.63, 3.8) is 0 Å². The molecule has 0 aliphatic carbocycles. The first-order valence-corrected chi connectivity index (χ1v) is 6.31. The van der Waals surface area contributed by atoms with Gasteiger partial charge in [-0.25, -0.2) is 0 Å². The monoisotopic (exact) mass is 266 g/mol. The van der Waals surface area contributed by atoms with Crippen LogP contribution in [0.5, 0.6) is 0 Å². The molecular weight excluding hydrogens is 240 g/mol. The van der Waals surface area contributed by atoms with Gasteiger partial charge < -0.3 is 29.2 Å². The number of aliphatic hydroxyl groups is 2. The molecule has 0 aromatic rings. The third-order valence-corrected chi connectivity index (χ3v) is 2.15. The van der Waals surface area contributed by atoms with Crippen molar-refractivity contribution in [1.82, 2.24) is 0 Å². The highest BCUT2D eigenvalue weighted by Gasteiger charge is 1.99. The maximum absolute atomic E-state index is 8.70. The molecule has 0 aliphatic rings. The van der Waals surface area contributed by atoms with Crippen molar-refractivity contribution in [2.45, 2.75) is 26.1 Å². The van der Waals surface area contributed by atoms with Crippen molar-refractivity contribution in [2.75, 3.05) is 52.9 Å². The van der Waals surface area contributed by atoms with E-state index in [1.807, 2.05) is 0 Å². The molecule has 0 aromatic heterocycles. The molecule has 0 aromatic carbocycles. The summed E-state index contributed by atoms with van der Waals surface area (Å²) in [6.07, 6.45) is -0.286. The molecule has 2 atom stereocenters. The van der Waals surface area contributed by atoms with Crippen molar-refractivity contribution in [1.29, 1.82) is 0 Å². The summed E-state index contributed by atoms with van der Waals surface area (Å²) < 4.78 is 21.0. The Morgan fingerprint density at radius 1 is 0.667 bits per heavy atom. The van der Waals surface area contributed by atoms with Crippen LogP contribution in [-0.4, -0.2) is 75.3 Å². The quantitative estimate of drug-likeness (QED) is 0.450. The summed E-state index contributed by atoms with van der Waals surface area (Å²) in [5.41, 5.74) is 0. The van der Waals surface area contributed by atoms with Crippen LogP contribution in [0.4, 0.5) is 0 Å². The highest BCUT2D eigenvalue weighted by Crippen LogP contribution is 1.90. The molecule has 0 bridgehead atoms. The van der Waals surface area contributed by atoms with Crippen molar-refractivity contribution in [3.8, 4) is 0 Å². The minimum Gasteiger partial charge on any atom is -0.394 e. The summed E-state index contributed by atoms with van der Waals surface area (Å²) in [6.45, 7) is 6.59. The number of hydrogen-bond acceptors (Lipinski definition) is 6. The van der Waals surface area contributed by atoms with E-state index in [9.17, 15) is 0 Å². The lowest BCUT2D eigenvalue weighted by Crippen LogP contribution is -2.18. The Hall–Kier alpha value is -0.240. The molecule has 18 heavy (non-hydrogen) atoms. The average Bonchev–Trinajstić information content (AvgIpc) is 2.40. The van der Waals surface area contributed by atoms with E-state index in [1.165, 1.54) is 0 Å². The third kappa shape index (κ3) is 12.2. The van der Waals surface area contributed by atoms with Gasteiger partial charge in [-0.1, -0.05) is 0 Å². The lowest BCUT2D eigenvalue weighted by Gasteiger charge is -2.11. The van der Waals surface area contributed by atoms with Gasteiger partial charge in [-0.2, -0.15) is 0 Å². The molecule has 0 fully saturated rings. The van der Waals surface area contributed by atoms with Crippen molar-refractivity contribution >= 4 is 0 Å². The van der Waals surface area contributed by atoms with Gasteiger partial charge in [0.25, 0.3) is 0 Å². The van der Waals surface area contributed by atoms with Crippen molar-refractivity contribution in [3.05, 3.63) is 0 Å². The molecule has 0 saturated carbocycles. The standard InChI is InChI=1S/C12H26O6/c1-11(9-13)17-7-5-15-3-4-16-6-8-18-12(2)10-14/h11-14H,3-10H2,1-2H3/t11-,12-/m0/s1. The molecule has 0 saturated heterocycles. The van der Waals surface area contributed by atoms with Gasteiger partial charge in [0.1, 0.15) is 0 Å². The lowest BCUT2D eigenvalue weighted by molar-refractivity contribution is -0.0363. The van der Waals surface area contributed by atoms with Crippen LogP contribution in [0.2, 0.25) is 0 Å². The zero-order valence-corrected chi connectivity index (χ0v) is 11.3. The molecule has 0 unspecified atom stereocenters. The molecule has 110 valence electrons. The van der Waals surface area contributed by atoms with Gasteiger partial charge in [-0.15, -0.1) is 0 Å². The third-order valence-electron chi connectivity index (χ3n) is 2.15. The molecule has 0 radical (unpaired) electrons. The van der Waals surface area contributed by atoms with Crippen molar-refractivity contribution in [2.24, 2.45) is 0 Å². The van der Waals surface area contributed by atoms with Crippen LogP contribution in [-0.2, 0) is 18.9 Å². The van der Waals surface area contributed by atoms with Crippen LogP contribution in [0.25, 0.3) is 0 Å². The van der Waals surface area contributed by atoms with Crippen LogP contribution in [0.15, 0.2) is 0 Å². The van der Waals surface area contributed by atoms with E-state index in [0.29, 0.717) is 39.6 Å². The van der Waals surface area contributed by atoms with E-state index in [-0.39, 0.29) is 25.4 Å². The SMILES string of the molecule is C[C@@H](CO)OCCOCCOCCO[C@@H](C)CO. The Bertz CT molecular complexity index is 149. The van der Waals surface area contributed by atoms with Gasteiger partial charge in [0.15, 0.2) is 0 Å². The van der Waals surface area contributed by atoms with Gasteiger partial charge >= 0.3 is 0 Å². The minimum absolute atomic E-state index is 0.0232. The molecule has 0 spiro atoms. The van der Waals surface area contributed by atoms with Crippen LogP contribution in [0, 0.1) is 0 Å². The molecule has 0 heterocycles. The Labute approximate surface area is 109 Å². The number of aliphatic hydroxyl groups excluding tert-OH is 2. The van der Waals surface area contributed by atoms with Gasteiger partial charge in [0, 0.05) is 0 Å². The van der Waals surface area contributed by atoms with Crippen LogP contribution in [0.3, 0.4) is 0 Å². The van der Waals surface area contributed by atoms with E-state index in [1.54, 1.807) is 13.8 Å². The van der Waals surface area contributed by atoms with E-state index in [0.717, 1.165) is 0 Å². The summed E-state index contributed by atoms with van der Waals surface area (Å²) in [4.78, 5) is 0. The predicted molar refractivity (Wildman–Crippen MR) is 66.6 cm³/mol. The maximum Gasteiger partial charge on any atom is 0.0778 e. The smallest absolute Gasteiger partial charge is 0.0778 e. The molecule has 0 rings (SSSR count). The van der Waals surface area contributed by atoms with Gasteiger partial charge in [-0.05, 0) is 13.8 Å². The summed E-state index contributed by atoms with van der Waals surface area (Å²) in [6, 6.07) is 0. The number of hydrogen-bond donors (Lipinski definition) is 2. The van der Waals surface area contributed by atoms with E-state index < -0.39 is 0 Å². The molecule has 6 heteroatoms. The van der Waals surface area contributed by atoms with Gasteiger partial charge in [0.2, 0.25) is 0 Å². The van der Waals surface area contributed by atoms with Crippen LogP contribution < -0.4 is 0 Å². The molecular formula is C12H26O6. The Morgan fingerprint density at radius 3 is 1.33 bits per heavy atom. The summed E-state index contributed by atoms with van der Waals surface area (Å²) >= 11 is 0. The summed E-state index contributed by atoms with van der Waals surface area (Å²) in [5, 5.41) is 17.4. The first kappa shape index (κ1) is 17.8. The zero-order valence-electron chi connectivity index (χ0n) is 11.3. The fourth-order valence-electron chi connectivity index (χ4n) is 1.04. The normalized spacial score (nSPS) is 14.7. The van der Waals surface area contributed by atoms with Gasteiger partial charge in [-0.3, -0.25) is 0 Å². The second-order valence-corrected chi connectivity index (χ2v) is 3.95. The van der Waals surface area contributed by atoms with Crippen LogP contribution >= 0.6 is 0 Å². The fraction of sp³-hybridized carbons (Fsp3) is 1.00. The summed E-state index contributed by atoms with van der Waals surface area (Å²) in [5.74, 6) is 0. The second-order valence-electron chi connectivity index (χ2n) is 3.95. The van der Waals surface area contributed by atoms with E-state index in [4.69, 9.17) is 29.2 Å². The Kier molecular flexibility index (Phi) is 13.0.